The summed E-state index contributed by atoms with van der Waals surface area (Å²) in [6.45, 7) is 7.72. The number of hydrogen-bond donors (Lipinski definition) is 0. The molecular formula is C18H24N2O3Si. The number of carbonyl (C=O) groups is 2. The normalized spacial score (nSPS) is 20.2. The lowest BCUT2D eigenvalue weighted by Gasteiger charge is -2.26. The topological polar surface area (TPSA) is 49.9 Å². The molecule has 0 N–H and O–H groups in total. The molecule has 2 heterocycles. The Morgan fingerprint density at radius 3 is 2.71 bits per heavy atom. The number of rotatable bonds is 5. The first-order chi connectivity index (χ1) is 11.4. The van der Waals surface area contributed by atoms with Crippen molar-refractivity contribution in [2.75, 3.05) is 18.2 Å². The van der Waals surface area contributed by atoms with Crippen LogP contribution in [0.5, 0.6) is 0 Å². The maximum Gasteiger partial charge on any atom is 0.260 e. The third-order valence-electron chi connectivity index (χ3n) is 4.39. The molecule has 24 heavy (non-hydrogen) atoms. The predicted octanol–water partition coefficient (Wildman–Crippen LogP) is 3.07. The van der Waals surface area contributed by atoms with Crippen LogP contribution in [0.3, 0.4) is 0 Å². The smallest absolute Gasteiger partial charge is 0.260 e. The van der Waals surface area contributed by atoms with Gasteiger partial charge in [0.2, 0.25) is 0 Å². The minimum Gasteiger partial charge on any atom is -0.361 e. The van der Waals surface area contributed by atoms with E-state index < -0.39 is 14.1 Å². The molecule has 2 aliphatic rings. The standard InChI is InChI=1S/C18H24N2O3Si/c1-24(2,3)12-11-23-13-20-15-8-5-4-7-14(15)17(21)19-10-6-9-16(19)18(20)22/h4-8,10,16H,9,11-13H2,1-3H3. The highest BCUT2D eigenvalue weighted by atomic mass is 28.3. The molecule has 1 atom stereocenters. The molecule has 2 amide bonds. The number of hydrogen-bond acceptors (Lipinski definition) is 3. The van der Waals surface area contributed by atoms with Crippen LogP contribution in [0, 0.1) is 0 Å². The Hall–Kier alpha value is -1.92. The third-order valence-corrected chi connectivity index (χ3v) is 6.09. The lowest BCUT2D eigenvalue weighted by atomic mass is 10.1. The molecule has 1 aromatic carbocycles. The second-order valence-corrected chi connectivity index (χ2v) is 13.1. The highest BCUT2D eigenvalue weighted by molar-refractivity contribution is 6.76. The van der Waals surface area contributed by atoms with Gasteiger partial charge in [-0.2, -0.15) is 0 Å². The summed E-state index contributed by atoms with van der Waals surface area (Å²) in [5.74, 6) is -0.200. The van der Waals surface area contributed by atoms with Crippen LogP contribution in [0.25, 0.3) is 0 Å². The van der Waals surface area contributed by atoms with Crippen LogP contribution in [0.4, 0.5) is 5.69 Å². The highest BCUT2D eigenvalue weighted by Crippen LogP contribution is 2.31. The van der Waals surface area contributed by atoms with E-state index in [-0.39, 0.29) is 18.5 Å². The molecule has 1 aromatic rings. The van der Waals surface area contributed by atoms with E-state index in [0.29, 0.717) is 24.3 Å². The summed E-state index contributed by atoms with van der Waals surface area (Å²) in [6, 6.07) is 7.86. The molecule has 3 rings (SSSR count). The quantitative estimate of drug-likeness (QED) is 0.609. The van der Waals surface area contributed by atoms with Gasteiger partial charge in [-0.1, -0.05) is 37.8 Å². The molecule has 0 fully saturated rings. The van der Waals surface area contributed by atoms with Gasteiger partial charge < -0.3 is 9.64 Å². The van der Waals surface area contributed by atoms with E-state index >= 15 is 0 Å². The van der Waals surface area contributed by atoms with Crippen LogP contribution in [0.1, 0.15) is 16.8 Å². The number of amides is 2. The van der Waals surface area contributed by atoms with Gasteiger partial charge in [0.1, 0.15) is 12.8 Å². The van der Waals surface area contributed by atoms with Crippen molar-refractivity contribution in [1.82, 2.24) is 4.90 Å². The zero-order valence-electron chi connectivity index (χ0n) is 14.5. The Morgan fingerprint density at radius 2 is 1.96 bits per heavy atom. The molecule has 0 saturated carbocycles. The molecule has 0 radical (unpaired) electrons. The first-order valence-electron chi connectivity index (χ1n) is 8.36. The molecule has 1 unspecified atom stereocenters. The zero-order chi connectivity index (χ0) is 17.3. The number of fused-ring (bicyclic) bond motifs is 2. The van der Waals surface area contributed by atoms with Gasteiger partial charge in [0, 0.05) is 20.9 Å². The van der Waals surface area contributed by atoms with Gasteiger partial charge in [-0.3, -0.25) is 14.5 Å². The van der Waals surface area contributed by atoms with E-state index in [2.05, 4.69) is 19.6 Å². The van der Waals surface area contributed by atoms with Crippen LogP contribution in [-0.4, -0.2) is 44.2 Å². The van der Waals surface area contributed by atoms with Crippen molar-refractivity contribution in [2.24, 2.45) is 0 Å². The number of para-hydroxylation sites is 1. The molecule has 0 aromatic heterocycles. The van der Waals surface area contributed by atoms with Crippen molar-refractivity contribution in [3.05, 3.63) is 42.1 Å². The fourth-order valence-corrected chi connectivity index (χ4v) is 3.70. The SMILES string of the molecule is C[Si](C)(C)CCOCN1C(=O)C2CC=CN2C(=O)c2ccccc21. The highest BCUT2D eigenvalue weighted by Gasteiger charge is 2.40. The van der Waals surface area contributed by atoms with Gasteiger partial charge in [0.25, 0.3) is 11.8 Å². The van der Waals surface area contributed by atoms with Crippen molar-refractivity contribution in [3.63, 3.8) is 0 Å². The Balaban J connectivity index is 1.83. The number of nitrogens with zero attached hydrogens (tertiary/aromatic N) is 2. The Morgan fingerprint density at radius 1 is 1.21 bits per heavy atom. The summed E-state index contributed by atoms with van der Waals surface area (Å²) in [4.78, 5) is 28.8. The monoisotopic (exact) mass is 344 g/mol. The summed E-state index contributed by atoms with van der Waals surface area (Å²) >= 11 is 0. The van der Waals surface area contributed by atoms with Crippen LogP contribution < -0.4 is 4.90 Å². The minimum absolute atomic E-state index is 0.0775. The predicted molar refractivity (Wildman–Crippen MR) is 96.6 cm³/mol. The van der Waals surface area contributed by atoms with Crippen molar-refractivity contribution in [2.45, 2.75) is 38.1 Å². The Labute approximate surface area is 143 Å². The van der Waals surface area contributed by atoms with Crippen molar-refractivity contribution in [1.29, 1.82) is 0 Å². The largest absolute Gasteiger partial charge is 0.361 e. The van der Waals surface area contributed by atoms with E-state index in [0.717, 1.165) is 6.04 Å². The Bertz CT molecular complexity index is 681. The van der Waals surface area contributed by atoms with Gasteiger partial charge in [0.05, 0.1) is 11.3 Å². The fourth-order valence-electron chi connectivity index (χ4n) is 2.94. The summed E-state index contributed by atoms with van der Waals surface area (Å²) in [6.07, 6.45) is 4.15. The Kier molecular flexibility index (Phi) is 4.60. The molecule has 0 bridgehead atoms. The van der Waals surface area contributed by atoms with Gasteiger partial charge in [0.15, 0.2) is 0 Å². The molecule has 5 nitrogen and oxygen atoms in total. The number of benzene rings is 1. The minimum atomic E-state index is -1.18. The first-order valence-corrected chi connectivity index (χ1v) is 12.1. The molecule has 0 saturated heterocycles. The van der Waals surface area contributed by atoms with E-state index in [1.54, 1.807) is 22.1 Å². The molecule has 0 aliphatic carbocycles. The fraction of sp³-hybridized carbons (Fsp3) is 0.444. The summed E-state index contributed by atoms with van der Waals surface area (Å²) in [7, 11) is -1.18. The third kappa shape index (κ3) is 3.30. The van der Waals surface area contributed by atoms with Crippen molar-refractivity contribution in [3.8, 4) is 0 Å². The average Bonchev–Trinajstić information content (AvgIpc) is 2.99. The second-order valence-electron chi connectivity index (χ2n) is 7.48. The molecule has 0 spiro atoms. The van der Waals surface area contributed by atoms with Gasteiger partial charge in [-0.05, 0) is 24.6 Å². The number of carbonyl (C=O) groups excluding carboxylic acids is 2. The first kappa shape index (κ1) is 16.9. The lowest BCUT2D eigenvalue weighted by Crippen LogP contribution is -2.45. The van der Waals surface area contributed by atoms with Crippen molar-refractivity contribution < 1.29 is 14.3 Å². The van der Waals surface area contributed by atoms with Crippen LogP contribution in [0.15, 0.2) is 36.5 Å². The zero-order valence-corrected chi connectivity index (χ0v) is 15.5. The van der Waals surface area contributed by atoms with Crippen LogP contribution in [-0.2, 0) is 9.53 Å². The van der Waals surface area contributed by atoms with E-state index in [4.69, 9.17) is 4.74 Å². The summed E-state index contributed by atoms with van der Waals surface area (Å²) in [5.41, 5.74) is 1.19. The summed E-state index contributed by atoms with van der Waals surface area (Å²) in [5, 5.41) is 0. The second kappa shape index (κ2) is 6.53. The maximum absolute atomic E-state index is 12.9. The van der Waals surface area contributed by atoms with Crippen LogP contribution >= 0.6 is 0 Å². The van der Waals surface area contributed by atoms with Gasteiger partial charge >= 0.3 is 0 Å². The molecule has 6 heteroatoms. The average molecular weight is 344 g/mol. The van der Waals surface area contributed by atoms with Gasteiger partial charge in [-0.25, -0.2) is 0 Å². The molecule has 128 valence electrons. The van der Waals surface area contributed by atoms with E-state index in [1.807, 2.05) is 24.3 Å². The van der Waals surface area contributed by atoms with Crippen molar-refractivity contribution >= 4 is 25.6 Å². The van der Waals surface area contributed by atoms with Crippen LogP contribution in [0.2, 0.25) is 25.7 Å². The molecule has 2 aliphatic heterocycles. The number of anilines is 1. The lowest BCUT2D eigenvalue weighted by molar-refractivity contribution is -0.123. The van der Waals surface area contributed by atoms with E-state index in [9.17, 15) is 9.59 Å². The maximum atomic E-state index is 12.9. The summed E-state index contributed by atoms with van der Waals surface area (Å²) < 4.78 is 5.81. The molecular weight excluding hydrogens is 320 g/mol. The number of ether oxygens (including phenoxy) is 1. The van der Waals surface area contributed by atoms with Gasteiger partial charge in [-0.15, -0.1) is 0 Å². The van der Waals surface area contributed by atoms with E-state index in [1.165, 1.54) is 0 Å².